The summed E-state index contributed by atoms with van der Waals surface area (Å²) in [5.41, 5.74) is 1.52. The first kappa shape index (κ1) is 18.4. The number of carbonyl (C=O) groups excluding carboxylic acids is 1. The number of ether oxygens (including phenoxy) is 1. The Labute approximate surface area is 154 Å². The molecule has 0 aliphatic carbocycles. The quantitative estimate of drug-likeness (QED) is 0.651. The first-order valence-corrected chi connectivity index (χ1v) is 8.44. The van der Waals surface area contributed by atoms with Gasteiger partial charge in [-0.3, -0.25) is 4.79 Å². The number of carboxylic acid groups (broad SMARTS) is 1. The van der Waals surface area contributed by atoms with Crippen molar-refractivity contribution in [2.45, 2.75) is 18.6 Å². The van der Waals surface area contributed by atoms with Gasteiger partial charge in [0.25, 0.3) is 5.91 Å². The minimum absolute atomic E-state index is 0.212. The van der Waals surface area contributed by atoms with Crippen LogP contribution in [0.1, 0.15) is 17.2 Å². The van der Waals surface area contributed by atoms with E-state index in [0.29, 0.717) is 5.56 Å². The second kappa shape index (κ2) is 8.79. The van der Waals surface area contributed by atoms with Crippen molar-refractivity contribution in [3.8, 4) is 0 Å². The van der Waals surface area contributed by atoms with Crippen molar-refractivity contribution in [3.63, 3.8) is 0 Å². The molecule has 0 aliphatic heterocycles. The maximum atomic E-state index is 12.4. The summed E-state index contributed by atoms with van der Waals surface area (Å²) >= 11 is 2.18. The van der Waals surface area contributed by atoms with Crippen LogP contribution in [0, 0.1) is 3.57 Å². The molecule has 2 aromatic rings. The van der Waals surface area contributed by atoms with Gasteiger partial charge in [0.1, 0.15) is 6.04 Å². The molecule has 0 aliphatic rings. The molecule has 2 atom stereocenters. The molecule has 126 valence electrons. The van der Waals surface area contributed by atoms with Crippen LogP contribution >= 0.6 is 22.6 Å². The fourth-order valence-electron chi connectivity index (χ4n) is 2.33. The number of nitrogens with one attached hydrogen (secondary N) is 1. The van der Waals surface area contributed by atoms with E-state index in [1.807, 2.05) is 30.3 Å². The highest BCUT2D eigenvalue weighted by molar-refractivity contribution is 14.1. The maximum Gasteiger partial charge on any atom is 0.326 e. The highest BCUT2D eigenvalue weighted by atomic mass is 127. The number of carboxylic acids is 1. The number of carbonyl (C=O) groups is 2. The zero-order valence-electron chi connectivity index (χ0n) is 13.1. The highest BCUT2D eigenvalue weighted by Crippen LogP contribution is 2.17. The first-order chi connectivity index (χ1) is 11.5. The van der Waals surface area contributed by atoms with Crippen LogP contribution in [-0.2, 0) is 20.7 Å². The summed E-state index contributed by atoms with van der Waals surface area (Å²) in [5.74, 6) is -1.55. The fourth-order valence-corrected chi connectivity index (χ4v) is 2.69. The molecule has 24 heavy (non-hydrogen) atoms. The van der Waals surface area contributed by atoms with Gasteiger partial charge in [-0.25, -0.2) is 4.79 Å². The van der Waals surface area contributed by atoms with E-state index >= 15 is 0 Å². The molecule has 1 amide bonds. The highest BCUT2D eigenvalue weighted by Gasteiger charge is 2.26. The molecule has 0 radical (unpaired) electrons. The van der Waals surface area contributed by atoms with Crippen molar-refractivity contribution in [1.82, 2.24) is 5.32 Å². The normalized spacial score (nSPS) is 13.1. The summed E-state index contributed by atoms with van der Waals surface area (Å²) in [5, 5.41) is 12.0. The molecular weight excluding hydrogens is 421 g/mol. The largest absolute Gasteiger partial charge is 0.480 e. The predicted octanol–water partition coefficient (Wildman–Crippen LogP) is 2.79. The Kier molecular flexibility index (Phi) is 6.74. The van der Waals surface area contributed by atoms with Crippen LogP contribution in [0.5, 0.6) is 0 Å². The average Bonchev–Trinajstić information content (AvgIpc) is 2.57. The van der Waals surface area contributed by atoms with Crippen molar-refractivity contribution >= 4 is 34.5 Å². The first-order valence-electron chi connectivity index (χ1n) is 7.36. The van der Waals surface area contributed by atoms with Crippen molar-refractivity contribution in [2.24, 2.45) is 0 Å². The summed E-state index contributed by atoms with van der Waals surface area (Å²) in [6.07, 6.45) is -0.631. The number of benzene rings is 2. The van der Waals surface area contributed by atoms with Crippen LogP contribution in [-0.4, -0.2) is 30.1 Å². The van der Waals surface area contributed by atoms with Gasteiger partial charge in [0.2, 0.25) is 0 Å². The van der Waals surface area contributed by atoms with Crippen molar-refractivity contribution < 1.29 is 19.4 Å². The predicted molar refractivity (Wildman–Crippen MR) is 98.6 cm³/mol. The van der Waals surface area contributed by atoms with Gasteiger partial charge in [-0.05, 0) is 45.9 Å². The number of rotatable bonds is 7. The third-order valence-electron chi connectivity index (χ3n) is 3.54. The molecule has 0 bridgehead atoms. The van der Waals surface area contributed by atoms with Gasteiger partial charge in [0.15, 0.2) is 6.10 Å². The van der Waals surface area contributed by atoms with Gasteiger partial charge in [-0.2, -0.15) is 0 Å². The zero-order chi connectivity index (χ0) is 17.5. The molecule has 0 heterocycles. The lowest BCUT2D eigenvalue weighted by molar-refractivity contribution is -0.144. The van der Waals surface area contributed by atoms with E-state index in [1.165, 1.54) is 7.11 Å². The third-order valence-corrected chi connectivity index (χ3v) is 4.26. The topological polar surface area (TPSA) is 75.6 Å². The summed E-state index contributed by atoms with van der Waals surface area (Å²) < 4.78 is 6.30. The second-order valence-electron chi connectivity index (χ2n) is 5.26. The molecule has 0 saturated heterocycles. The molecule has 0 unspecified atom stereocenters. The van der Waals surface area contributed by atoms with Crippen molar-refractivity contribution in [3.05, 3.63) is 69.3 Å². The van der Waals surface area contributed by atoms with Gasteiger partial charge in [0, 0.05) is 17.1 Å². The van der Waals surface area contributed by atoms with Crippen LogP contribution in [0.3, 0.4) is 0 Å². The summed E-state index contributed by atoms with van der Waals surface area (Å²) in [7, 11) is 1.42. The van der Waals surface area contributed by atoms with E-state index < -0.39 is 24.0 Å². The number of hydrogen-bond acceptors (Lipinski definition) is 3. The van der Waals surface area contributed by atoms with Crippen molar-refractivity contribution in [1.29, 1.82) is 0 Å². The maximum absolute atomic E-state index is 12.4. The van der Waals surface area contributed by atoms with Crippen LogP contribution in [0.15, 0.2) is 54.6 Å². The molecule has 0 aromatic heterocycles. The van der Waals surface area contributed by atoms with E-state index in [1.54, 1.807) is 24.3 Å². The van der Waals surface area contributed by atoms with Gasteiger partial charge in [-0.1, -0.05) is 42.5 Å². The Morgan fingerprint density at radius 2 is 1.75 bits per heavy atom. The van der Waals surface area contributed by atoms with Gasteiger partial charge >= 0.3 is 5.97 Å². The smallest absolute Gasteiger partial charge is 0.326 e. The van der Waals surface area contributed by atoms with E-state index in [9.17, 15) is 14.7 Å². The molecular formula is C18H18INO4. The lowest BCUT2D eigenvalue weighted by Crippen LogP contribution is -2.44. The molecule has 0 saturated carbocycles. The standard InChI is InChI=1S/C18H18INO4/c1-24-16(13-5-3-2-4-6-13)17(21)20-15(18(22)23)11-12-7-9-14(19)10-8-12/h2-10,15-16H,11H2,1H3,(H,20,21)(H,22,23)/t15-,16+/m1/s1. The minimum Gasteiger partial charge on any atom is -0.480 e. The SMILES string of the molecule is CO[C@H](C(=O)N[C@H](Cc1ccc(I)cc1)C(=O)O)c1ccccc1. The number of hydrogen-bond donors (Lipinski definition) is 2. The Bertz CT molecular complexity index is 688. The Balaban J connectivity index is 2.10. The third kappa shape index (κ3) is 5.04. The van der Waals surface area contributed by atoms with E-state index in [0.717, 1.165) is 9.13 Å². The summed E-state index contributed by atoms with van der Waals surface area (Å²) in [6, 6.07) is 15.5. The molecule has 5 nitrogen and oxygen atoms in total. The fraction of sp³-hybridized carbons (Fsp3) is 0.222. The molecule has 2 aromatic carbocycles. The van der Waals surface area contributed by atoms with E-state index in [-0.39, 0.29) is 6.42 Å². The lowest BCUT2D eigenvalue weighted by Gasteiger charge is -2.20. The van der Waals surface area contributed by atoms with E-state index in [4.69, 9.17) is 4.74 Å². The molecule has 0 spiro atoms. The monoisotopic (exact) mass is 439 g/mol. The number of amides is 1. The number of methoxy groups -OCH3 is 1. The average molecular weight is 439 g/mol. The summed E-state index contributed by atoms with van der Waals surface area (Å²) in [4.78, 5) is 23.9. The second-order valence-corrected chi connectivity index (χ2v) is 6.50. The van der Waals surface area contributed by atoms with Crippen molar-refractivity contribution in [2.75, 3.05) is 7.11 Å². The molecule has 2 rings (SSSR count). The molecule has 6 heteroatoms. The van der Waals surface area contributed by atoms with Gasteiger partial charge < -0.3 is 15.2 Å². The number of halogens is 1. The van der Waals surface area contributed by atoms with Crippen LogP contribution in [0.2, 0.25) is 0 Å². The minimum atomic E-state index is -1.08. The number of aliphatic carboxylic acids is 1. The molecule has 2 N–H and O–H groups in total. The lowest BCUT2D eigenvalue weighted by atomic mass is 10.0. The zero-order valence-corrected chi connectivity index (χ0v) is 15.3. The van der Waals surface area contributed by atoms with Gasteiger partial charge in [0.05, 0.1) is 0 Å². The van der Waals surface area contributed by atoms with Crippen LogP contribution < -0.4 is 5.32 Å². The molecule has 0 fully saturated rings. The Morgan fingerprint density at radius 3 is 2.29 bits per heavy atom. The Morgan fingerprint density at radius 1 is 1.12 bits per heavy atom. The van der Waals surface area contributed by atoms with Crippen LogP contribution in [0.25, 0.3) is 0 Å². The van der Waals surface area contributed by atoms with Crippen LogP contribution in [0.4, 0.5) is 0 Å². The summed E-state index contributed by atoms with van der Waals surface area (Å²) in [6.45, 7) is 0. The van der Waals surface area contributed by atoms with E-state index in [2.05, 4.69) is 27.9 Å². The Hall–Kier alpha value is -1.93. The van der Waals surface area contributed by atoms with Gasteiger partial charge in [-0.15, -0.1) is 0 Å².